The zero-order valence-electron chi connectivity index (χ0n) is 11.2. The third-order valence-electron chi connectivity index (χ3n) is 3.13. The molecular weight excluding hydrogens is 270 g/mol. The minimum absolute atomic E-state index is 0.163. The number of nitrogens with zero attached hydrogens (tertiary/aromatic N) is 2. The van der Waals surface area contributed by atoms with Gasteiger partial charge in [0, 0.05) is 12.7 Å². The molecule has 1 aliphatic heterocycles. The standard InChI is InChI=1S/C15H13N3O3/c16-7-9-21-12-6-2-1-5-11(12)18-14(19)10-4-3-8-17-13(10)15(18)20/h1-6,8H,7,9,16H2. The minimum atomic E-state index is -0.445. The predicted octanol–water partition coefficient (Wildman–Crippen LogP) is 1.22. The van der Waals surface area contributed by atoms with Crippen molar-refractivity contribution < 1.29 is 14.3 Å². The number of pyridine rings is 1. The van der Waals surface area contributed by atoms with Crippen molar-refractivity contribution in [1.29, 1.82) is 0 Å². The third-order valence-corrected chi connectivity index (χ3v) is 3.13. The molecule has 0 radical (unpaired) electrons. The molecule has 0 saturated carbocycles. The van der Waals surface area contributed by atoms with E-state index in [0.717, 1.165) is 4.90 Å². The van der Waals surface area contributed by atoms with E-state index >= 15 is 0 Å². The van der Waals surface area contributed by atoms with Gasteiger partial charge in [0.1, 0.15) is 18.1 Å². The Morgan fingerprint density at radius 3 is 2.67 bits per heavy atom. The van der Waals surface area contributed by atoms with Gasteiger partial charge in [0.2, 0.25) is 0 Å². The maximum Gasteiger partial charge on any atom is 0.284 e. The fourth-order valence-electron chi connectivity index (χ4n) is 2.22. The summed E-state index contributed by atoms with van der Waals surface area (Å²) in [6.07, 6.45) is 1.49. The zero-order chi connectivity index (χ0) is 14.8. The van der Waals surface area contributed by atoms with Crippen molar-refractivity contribution in [2.75, 3.05) is 18.1 Å². The number of anilines is 1. The molecule has 0 saturated heterocycles. The molecule has 6 nitrogen and oxygen atoms in total. The van der Waals surface area contributed by atoms with Crippen molar-refractivity contribution >= 4 is 17.5 Å². The van der Waals surface area contributed by atoms with Gasteiger partial charge in [0.15, 0.2) is 0 Å². The Bertz CT molecular complexity index is 680. The Morgan fingerprint density at radius 2 is 1.90 bits per heavy atom. The van der Waals surface area contributed by atoms with Crippen LogP contribution in [0.3, 0.4) is 0 Å². The normalized spacial score (nSPS) is 13.5. The highest BCUT2D eigenvalue weighted by molar-refractivity contribution is 6.34. The van der Waals surface area contributed by atoms with Crippen LogP contribution in [0, 0.1) is 0 Å². The van der Waals surface area contributed by atoms with E-state index in [1.54, 1.807) is 36.4 Å². The molecule has 3 rings (SSSR count). The monoisotopic (exact) mass is 283 g/mol. The summed E-state index contributed by atoms with van der Waals surface area (Å²) in [6.45, 7) is 0.649. The number of benzene rings is 1. The molecule has 21 heavy (non-hydrogen) atoms. The van der Waals surface area contributed by atoms with Gasteiger partial charge in [-0.05, 0) is 24.3 Å². The number of nitrogens with two attached hydrogens (primary N) is 1. The topological polar surface area (TPSA) is 85.5 Å². The number of ether oxygens (including phenoxy) is 1. The summed E-state index contributed by atoms with van der Waals surface area (Å²) in [5, 5.41) is 0. The van der Waals surface area contributed by atoms with Gasteiger partial charge in [-0.25, -0.2) is 4.90 Å². The van der Waals surface area contributed by atoms with Crippen molar-refractivity contribution in [3.8, 4) is 5.75 Å². The van der Waals surface area contributed by atoms with Crippen LogP contribution in [0.2, 0.25) is 0 Å². The van der Waals surface area contributed by atoms with Crippen LogP contribution in [0.5, 0.6) is 5.75 Å². The van der Waals surface area contributed by atoms with Crippen molar-refractivity contribution in [2.24, 2.45) is 5.73 Å². The van der Waals surface area contributed by atoms with Crippen LogP contribution in [-0.4, -0.2) is 29.9 Å². The number of carbonyl (C=O) groups excluding carboxylic acids is 2. The van der Waals surface area contributed by atoms with E-state index in [1.165, 1.54) is 6.20 Å². The van der Waals surface area contributed by atoms with E-state index in [4.69, 9.17) is 10.5 Å². The number of aromatic nitrogens is 1. The molecule has 2 N–H and O–H groups in total. The summed E-state index contributed by atoms with van der Waals surface area (Å²) in [4.78, 5) is 29.9. The number of rotatable bonds is 4. The first-order valence-corrected chi connectivity index (χ1v) is 6.49. The number of fused-ring (bicyclic) bond motifs is 1. The van der Waals surface area contributed by atoms with Crippen LogP contribution in [-0.2, 0) is 0 Å². The van der Waals surface area contributed by atoms with Crippen LogP contribution < -0.4 is 15.4 Å². The van der Waals surface area contributed by atoms with E-state index in [0.29, 0.717) is 30.2 Å². The Labute approximate surface area is 121 Å². The van der Waals surface area contributed by atoms with Gasteiger partial charge < -0.3 is 10.5 Å². The first-order chi connectivity index (χ1) is 10.2. The summed E-state index contributed by atoms with van der Waals surface area (Å²) in [5.41, 5.74) is 6.29. The lowest BCUT2D eigenvalue weighted by molar-refractivity contribution is 0.0923. The van der Waals surface area contributed by atoms with Crippen LogP contribution in [0.25, 0.3) is 0 Å². The van der Waals surface area contributed by atoms with Crippen molar-refractivity contribution in [3.63, 3.8) is 0 Å². The van der Waals surface area contributed by atoms with Gasteiger partial charge in [0.05, 0.1) is 11.3 Å². The smallest absolute Gasteiger partial charge is 0.284 e. The van der Waals surface area contributed by atoms with Gasteiger partial charge in [-0.2, -0.15) is 0 Å². The highest BCUT2D eigenvalue weighted by Gasteiger charge is 2.38. The van der Waals surface area contributed by atoms with Crippen molar-refractivity contribution in [1.82, 2.24) is 4.98 Å². The first-order valence-electron chi connectivity index (χ1n) is 6.49. The van der Waals surface area contributed by atoms with E-state index in [1.807, 2.05) is 0 Å². The molecule has 1 aliphatic rings. The molecule has 2 aromatic rings. The minimum Gasteiger partial charge on any atom is -0.490 e. The summed E-state index contributed by atoms with van der Waals surface area (Å²) in [6, 6.07) is 10.1. The Hall–Kier alpha value is -2.73. The maximum atomic E-state index is 12.4. The molecule has 2 amide bonds. The largest absolute Gasteiger partial charge is 0.490 e. The van der Waals surface area contributed by atoms with Crippen LogP contribution in [0.4, 0.5) is 5.69 Å². The predicted molar refractivity (Wildman–Crippen MR) is 76.4 cm³/mol. The molecule has 0 fully saturated rings. The fourth-order valence-corrected chi connectivity index (χ4v) is 2.22. The molecule has 0 bridgehead atoms. The number of imide groups is 1. The molecule has 1 aromatic carbocycles. The average molecular weight is 283 g/mol. The first kappa shape index (κ1) is 13.3. The van der Waals surface area contributed by atoms with Gasteiger partial charge in [-0.1, -0.05) is 12.1 Å². The molecule has 0 spiro atoms. The molecule has 106 valence electrons. The molecular formula is C15H13N3O3. The lowest BCUT2D eigenvalue weighted by atomic mass is 10.2. The lowest BCUT2D eigenvalue weighted by Gasteiger charge is -2.17. The highest BCUT2D eigenvalue weighted by atomic mass is 16.5. The Balaban J connectivity index is 2.03. The summed E-state index contributed by atoms with van der Waals surface area (Å²) < 4.78 is 5.50. The Kier molecular flexibility index (Phi) is 3.37. The number of hydrogen-bond donors (Lipinski definition) is 1. The fraction of sp³-hybridized carbons (Fsp3) is 0.133. The number of hydrogen-bond acceptors (Lipinski definition) is 5. The van der Waals surface area contributed by atoms with Gasteiger partial charge in [-0.15, -0.1) is 0 Å². The lowest BCUT2D eigenvalue weighted by Crippen LogP contribution is -2.30. The zero-order valence-corrected chi connectivity index (χ0v) is 11.2. The van der Waals surface area contributed by atoms with Crippen molar-refractivity contribution in [3.05, 3.63) is 53.9 Å². The number of para-hydroxylation sites is 2. The van der Waals surface area contributed by atoms with Crippen LogP contribution in [0.15, 0.2) is 42.6 Å². The van der Waals surface area contributed by atoms with Gasteiger partial charge in [-0.3, -0.25) is 14.6 Å². The van der Waals surface area contributed by atoms with Crippen LogP contribution in [0.1, 0.15) is 20.8 Å². The molecule has 0 aliphatic carbocycles. The SMILES string of the molecule is NCCOc1ccccc1N1C(=O)c2cccnc2C1=O. The second kappa shape index (κ2) is 5.34. The number of carbonyl (C=O) groups is 2. The van der Waals surface area contributed by atoms with E-state index in [2.05, 4.69) is 4.98 Å². The van der Waals surface area contributed by atoms with E-state index in [-0.39, 0.29) is 5.69 Å². The van der Waals surface area contributed by atoms with Crippen LogP contribution >= 0.6 is 0 Å². The highest BCUT2D eigenvalue weighted by Crippen LogP contribution is 2.33. The molecule has 0 unspecified atom stereocenters. The summed E-state index contributed by atoms with van der Waals surface area (Å²) >= 11 is 0. The summed E-state index contributed by atoms with van der Waals surface area (Å²) in [5.74, 6) is -0.399. The Morgan fingerprint density at radius 1 is 1.10 bits per heavy atom. The second-order valence-electron chi connectivity index (χ2n) is 4.45. The quantitative estimate of drug-likeness (QED) is 0.853. The summed E-state index contributed by atoms with van der Waals surface area (Å²) in [7, 11) is 0. The maximum absolute atomic E-state index is 12.4. The molecule has 6 heteroatoms. The average Bonchev–Trinajstić information content (AvgIpc) is 2.78. The molecule has 0 atom stereocenters. The van der Waals surface area contributed by atoms with E-state index in [9.17, 15) is 9.59 Å². The molecule has 1 aromatic heterocycles. The molecule has 2 heterocycles. The van der Waals surface area contributed by atoms with E-state index < -0.39 is 11.8 Å². The van der Waals surface area contributed by atoms with Gasteiger partial charge in [0.25, 0.3) is 11.8 Å². The second-order valence-corrected chi connectivity index (χ2v) is 4.45. The van der Waals surface area contributed by atoms with Crippen molar-refractivity contribution in [2.45, 2.75) is 0 Å². The van der Waals surface area contributed by atoms with Gasteiger partial charge >= 0.3 is 0 Å². The number of amides is 2. The third kappa shape index (κ3) is 2.15.